The van der Waals surface area contributed by atoms with Crippen LogP contribution in [0.25, 0.3) is 22.2 Å². The molecule has 2 fully saturated rings. The molecule has 0 unspecified atom stereocenters. The van der Waals surface area contributed by atoms with Crippen molar-refractivity contribution in [1.29, 1.82) is 0 Å². The van der Waals surface area contributed by atoms with Gasteiger partial charge in [0, 0.05) is 24.0 Å². The van der Waals surface area contributed by atoms with Crippen molar-refractivity contribution in [2.24, 2.45) is 5.41 Å². The number of furan rings is 1. The Morgan fingerprint density at radius 1 is 1.21 bits per heavy atom. The van der Waals surface area contributed by atoms with E-state index in [-0.39, 0.29) is 6.61 Å². The number of aliphatic hydroxyl groups excluding tert-OH is 1. The van der Waals surface area contributed by atoms with E-state index in [9.17, 15) is 5.11 Å². The van der Waals surface area contributed by atoms with Crippen molar-refractivity contribution in [3.8, 4) is 11.3 Å². The van der Waals surface area contributed by atoms with Crippen molar-refractivity contribution in [2.45, 2.75) is 45.8 Å². The highest BCUT2D eigenvalue weighted by molar-refractivity contribution is 5.82. The first-order valence-corrected chi connectivity index (χ1v) is 10.4. The van der Waals surface area contributed by atoms with Crippen LogP contribution in [0.2, 0.25) is 0 Å². The van der Waals surface area contributed by atoms with Gasteiger partial charge in [-0.3, -0.25) is 0 Å². The monoisotopic (exact) mass is 393 g/mol. The summed E-state index contributed by atoms with van der Waals surface area (Å²) in [5.41, 5.74) is 4.39. The predicted octanol–water partition coefficient (Wildman–Crippen LogP) is 4.09. The number of ether oxygens (including phenoxy) is 1. The zero-order valence-electron chi connectivity index (χ0n) is 17.0. The SMILES string of the molecule is Cc1nc(N2CCC3(CC2)CO[C@@H](C)C3)c(CO)nc1-c1ccc2ccoc2c1. The summed E-state index contributed by atoms with van der Waals surface area (Å²) in [6, 6.07) is 7.98. The molecule has 2 saturated heterocycles. The van der Waals surface area contributed by atoms with Gasteiger partial charge in [0.2, 0.25) is 0 Å². The third kappa shape index (κ3) is 3.30. The molecule has 6 nitrogen and oxygen atoms in total. The molecule has 6 heteroatoms. The standard InChI is InChI=1S/C23H27N3O3/c1-15-12-23(14-29-15)6-8-26(9-7-23)22-19(13-27)25-21(16(2)24-22)18-4-3-17-5-10-28-20(17)11-18/h3-5,10-11,15,27H,6-9,12-14H2,1-2H3/t15-/m0/s1. The first kappa shape index (κ1) is 18.6. The lowest BCUT2D eigenvalue weighted by atomic mass is 9.77. The van der Waals surface area contributed by atoms with Crippen molar-refractivity contribution < 1.29 is 14.3 Å². The predicted molar refractivity (Wildman–Crippen MR) is 112 cm³/mol. The summed E-state index contributed by atoms with van der Waals surface area (Å²) in [6.45, 7) is 6.74. The van der Waals surface area contributed by atoms with E-state index in [0.717, 1.165) is 72.7 Å². The maximum absolute atomic E-state index is 10.0. The zero-order chi connectivity index (χ0) is 20.0. The minimum absolute atomic E-state index is 0.125. The minimum Gasteiger partial charge on any atom is -0.464 e. The van der Waals surface area contributed by atoms with E-state index >= 15 is 0 Å². The fourth-order valence-corrected chi connectivity index (χ4v) is 4.86. The maximum Gasteiger partial charge on any atom is 0.153 e. The highest BCUT2D eigenvalue weighted by atomic mass is 16.5. The molecule has 0 saturated carbocycles. The van der Waals surface area contributed by atoms with E-state index in [1.807, 2.05) is 31.2 Å². The Morgan fingerprint density at radius 2 is 2.03 bits per heavy atom. The summed E-state index contributed by atoms with van der Waals surface area (Å²) in [6.07, 6.45) is 5.39. The van der Waals surface area contributed by atoms with Crippen molar-refractivity contribution in [3.63, 3.8) is 0 Å². The average Bonchev–Trinajstić information content (AvgIpc) is 3.34. The van der Waals surface area contributed by atoms with Gasteiger partial charge in [-0.2, -0.15) is 0 Å². The van der Waals surface area contributed by atoms with Crippen molar-refractivity contribution in [3.05, 3.63) is 41.9 Å². The largest absolute Gasteiger partial charge is 0.464 e. The Labute approximate surface area is 170 Å². The molecule has 0 amide bonds. The normalized spacial score (nSPS) is 21.3. The molecular formula is C23H27N3O3. The van der Waals surface area contributed by atoms with Crippen LogP contribution in [0, 0.1) is 12.3 Å². The zero-order valence-corrected chi connectivity index (χ0v) is 17.0. The third-order valence-electron chi connectivity index (χ3n) is 6.52. The van der Waals surface area contributed by atoms with Crippen molar-refractivity contribution >= 4 is 16.8 Å². The molecule has 0 bridgehead atoms. The smallest absolute Gasteiger partial charge is 0.153 e. The van der Waals surface area contributed by atoms with Crippen LogP contribution in [0.4, 0.5) is 5.82 Å². The topological polar surface area (TPSA) is 71.6 Å². The number of anilines is 1. The first-order chi connectivity index (χ1) is 14.1. The summed E-state index contributed by atoms with van der Waals surface area (Å²) >= 11 is 0. The number of benzene rings is 1. The van der Waals surface area contributed by atoms with Crippen LogP contribution in [0.15, 0.2) is 34.9 Å². The van der Waals surface area contributed by atoms with Crippen molar-refractivity contribution in [1.82, 2.24) is 9.97 Å². The third-order valence-corrected chi connectivity index (χ3v) is 6.52. The second-order valence-electron chi connectivity index (χ2n) is 8.57. The van der Waals surface area contributed by atoms with Gasteiger partial charge in [0.1, 0.15) is 11.3 Å². The van der Waals surface area contributed by atoms with Gasteiger partial charge < -0.3 is 19.2 Å². The molecule has 4 heterocycles. The Hall–Kier alpha value is -2.44. The van der Waals surface area contributed by atoms with Gasteiger partial charge in [0.15, 0.2) is 5.82 Å². The van der Waals surface area contributed by atoms with E-state index in [1.54, 1.807) is 6.26 Å². The number of piperidine rings is 1. The quantitative estimate of drug-likeness (QED) is 0.723. The van der Waals surface area contributed by atoms with E-state index in [2.05, 4.69) is 11.8 Å². The van der Waals surface area contributed by atoms with Gasteiger partial charge in [-0.25, -0.2) is 9.97 Å². The highest BCUT2D eigenvalue weighted by Gasteiger charge is 2.41. The fourth-order valence-electron chi connectivity index (χ4n) is 4.86. The molecule has 1 atom stereocenters. The number of aromatic nitrogens is 2. The van der Waals surface area contributed by atoms with Crippen LogP contribution in [0.3, 0.4) is 0 Å². The van der Waals surface area contributed by atoms with Crippen LogP contribution in [0.5, 0.6) is 0 Å². The molecule has 1 spiro atoms. The molecule has 5 rings (SSSR count). The maximum atomic E-state index is 10.0. The number of nitrogens with zero attached hydrogens (tertiary/aromatic N) is 3. The molecule has 29 heavy (non-hydrogen) atoms. The lowest BCUT2D eigenvalue weighted by Crippen LogP contribution is -2.41. The molecule has 0 aliphatic carbocycles. The lowest BCUT2D eigenvalue weighted by molar-refractivity contribution is 0.0975. The molecule has 2 aromatic heterocycles. The van der Waals surface area contributed by atoms with Gasteiger partial charge >= 0.3 is 0 Å². The van der Waals surface area contributed by atoms with Gasteiger partial charge in [0.25, 0.3) is 0 Å². The lowest BCUT2D eigenvalue weighted by Gasteiger charge is -2.39. The number of aryl methyl sites for hydroxylation is 1. The van der Waals surface area contributed by atoms with Gasteiger partial charge in [0.05, 0.1) is 37.0 Å². The van der Waals surface area contributed by atoms with Gasteiger partial charge in [-0.1, -0.05) is 12.1 Å². The number of hydrogen-bond acceptors (Lipinski definition) is 6. The summed E-state index contributed by atoms with van der Waals surface area (Å²) in [5.74, 6) is 0.814. The highest BCUT2D eigenvalue weighted by Crippen LogP contribution is 2.42. The Balaban J connectivity index is 1.43. The number of rotatable bonds is 3. The summed E-state index contributed by atoms with van der Waals surface area (Å²) in [5, 5.41) is 11.1. The Morgan fingerprint density at radius 3 is 2.76 bits per heavy atom. The molecule has 3 aromatic rings. The molecule has 1 N–H and O–H groups in total. The van der Waals surface area contributed by atoms with Crippen LogP contribution in [-0.2, 0) is 11.3 Å². The molecule has 152 valence electrons. The van der Waals surface area contributed by atoms with Gasteiger partial charge in [-0.05, 0) is 50.7 Å². The minimum atomic E-state index is -0.125. The van der Waals surface area contributed by atoms with Crippen LogP contribution in [-0.4, -0.2) is 40.9 Å². The van der Waals surface area contributed by atoms with E-state index in [1.165, 1.54) is 0 Å². The fraction of sp³-hybridized carbons (Fsp3) is 0.478. The van der Waals surface area contributed by atoms with E-state index in [0.29, 0.717) is 17.2 Å². The van der Waals surface area contributed by atoms with E-state index < -0.39 is 0 Å². The number of hydrogen-bond donors (Lipinski definition) is 1. The summed E-state index contributed by atoms with van der Waals surface area (Å²) < 4.78 is 11.4. The second-order valence-corrected chi connectivity index (χ2v) is 8.57. The Bertz CT molecular complexity index is 1040. The molecule has 2 aliphatic rings. The Kier molecular flexibility index (Phi) is 4.56. The molecule has 1 aromatic carbocycles. The second kappa shape index (κ2) is 7.11. The molecule has 0 radical (unpaired) electrons. The van der Waals surface area contributed by atoms with E-state index in [4.69, 9.17) is 19.1 Å². The summed E-state index contributed by atoms with van der Waals surface area (Å²) in [4.78, 5) is 12.0. The average molecular weight is 393 g/mol. The van der Waals surface area contributed by atoms with Gasteiger partial charge in [-0.15, -0.1) is 0 Å². The van der Waals surface area contributed by atoms with Crippen LogP contribution < -0.4 is 4.90 Å². The number of fused-ring (bicyclic) bond motifs is 1. The molecule has 2 aliphatic heterocycles. The number of aliphatic hydroxyl groups is 1. The van der Waals surface area contributed by atoms with Crippen LogP contribution >= 0.6 is 0 Å². The summed E-state index contributed by atoms with van der Waals surface area (Å²) in [7, 11) is 0. The van der Waals surface area contributed by atoms with Crippen molar-refractivity contribution in [2.75, 3.05) is 24.6 Å². The first-order valence-electron chi connectivity index (χ1n) is 10.4. The molecular weight excluding hydrogens is 366 g/mol. The van der Waals surface area contributed by atoms with Crippen LogP contribution in [0.1, 0.15) is 37.6 Å².